The highest BCUT2D eigenvalue weighted by Gasteiger charge is 2.23. The van der Waals surface area contributed by atoms with Crippen LogP contribution in [0.3, 0.4) is 0 Å². The van der Waals surface area contributed by atoms with Crippen LogP contribution in [0, 0.1) is 20.2 Å². The summed E-state index contributed by atoms with van der Waals surface area (Å²) in [5.41, 5.74) is -1.04. The second kappa shape index (κ2) is 4.13. The predicted molar refractivity (Wildman–Crippen MR) is 48.4 cm³/mol. The molecule has 0 aromatic carbocycles. The number of nitro groups is 2. The van der Waals surface area contributed by atoms with Gasteiger partial charge < -0.3 is 0 Å². The third kappa shape index (κ3) is 2.13. The quantitative estimate of drug-likeness (QED) is 0.491. The van der Waals surface area contributed by atoms with Crippen molar-refractivity contribution in [2.45, 2.75) is 0 Å². The van der Waals surface area contributed by atoms with Gasteiger partial charge in [0.2, 0.25) is 0 Å². The fourth-order valence-corrected chi connectivity index (χ4v) is 0.901. The summed E-state index contributed by atoms with van der Waals surface area (Å²) in [4.78, 5) is 19.4. The average molecular weight is 194 g/mol. The monoisotopic (exact) mass is 194 g/mol. The Morgan fingerprint density at radius 3 is 1.43 bits per heavy atom. The van der Waals surface area contributed by atoms with Crippen molar-refractivity contribution in [3.63, 3.8) is 0 Å². The van der Waals surface area contributed by atoms with Crippen LogP contribution in [0.2, 0.25) is 0 Å². The minimum absolute atomic E-state index is 0.518. The van der Waals surface area contributed by atoms with Crippen LogP contribution in [0.4, 0.5) is 0 Å². The largest absolute Gasteiger partial charge is 0.346 e. The van der Waals surface area contributed by atoms with Crippen molar-refractivity contribution in [1.29, 1.82) is 0 Å². The van der Waals surface area contributed by atoms with Crippen LogP contribution in [0.1, 0.15) is 0 Å². The summed E-state index contributed by atoms with van der Waals surface area (Å²) in [7, 11) is 0. The van der Waals surface area contributed by atoms with Crippen molar-refractivity contribution >= 4 is 0 Å². The normalized spacial score (nSPS) is 27.1. The van der Waals surface area contributed by atoms with Gasteiger partial charge in [-0.2, -0.15) is 0 Å². The second-order valence-electron chi connectivity index (χ2n) is 2.39. The van der Waals surface area contributed by atoms with Crippen molar-refractivity contribution in [3.8, 4) is 0 Å². The lowest BCUT2D eigenvalue weighted by atomic mass is 10.2. The maximum atomic E-state index is 10.5. The smallest absolute Gasteiger partial charge is 0.258 e. The number of allylic oxidation sites excluding steroid dienone is 6. The highest BCUT2D eigenvalue weighted by atomic mass is 16.6. The molecule has 0 bridgehead atoms. The van der Waals surface area contributed by atoms with Gasteiger partial charge in [-0.05, 0) is 0 Å². The molecule has 0 unspecified atom stereocenters. The molecular weight excluding hydrogens is 188 g/mol. The molecule has 1 aliphatic carbocycles. The van der Waals surface area contributed by atoms with Gasteiger partial charge in [-0.3, -0.25) is 20.2 Å². The molecular formula is C8H6N2O4. The van der Waals surface area contributed by atoms with E-state index in [0.29, 0.717) is 0 Å². The molecule has 0 fully saturated rings. The second-order valence-corrected chi connectivity index (χ2v) is 2.39. The molecule has 0 radical (unpaired) electrons. The Hall–Kier alpha value is -2.24. The fraction of sp³-hybridized carbons (Fsp3) is 0. The van der Waals surface area contributed by atoms with Crippen LogP contribution < -0.4 is 0 Å². The topological polar surface area (TPSA) is 86.3 Å². The third-order valence-electron chi connectivity index (χ3n) is 1.50. The van der Waals surface area contributed by atoms with Gasteiger partial charge in [-0.15, -0.1) is 0 Å². The summed E-state index contributed by atoms with van der Waals surface area (Å²) in [6.07, 6.45) is 8.06. The SMILES string of the molecule is O=[N+]([O-])C1=C([N+](=O)[O-])/C=C\C=C/C=C\1. The average Bonchev–Trinajstić information content (AvgIpc) is 2.01. The number of hydrogen-bond donors (Lipinski definition) is 0. The molecule has 0 N–H and O–H groups in total. The maximum absolute atomic E-state index is 10.5. The van der Waals surface area contributed by atoms with Crippen LogP contribution >= 0.6 is 0 Å². The van der Waals surface area contributed by atoms with Crippen LogP contribution in [0.25, 0.3) is 0 Å². The van der Waals surface area contributed by atoms with E-state index in [1.807, 2.05) is 0 Å². The molecule has 14 heavy (non-hydrogen) atoms. The van der Waals surface area contributed by atoms with Gasteiger partial charge in [0.25, 0.3) is 0 Å². The zero-order chi connectivity index (χ0) is 10.6. The summed E-state index contributed by atoms with van der Waals surface area (Å²) < 4.78 is 0. The molecule has 1 rings (SSSR count). The summed E-state index contributed by atoms with van der Waals surface area (Å²) in [6, 6.07) is 0. The van der Waals surface area contributed by atoms with Crippen LogP contribution in [-0.2, 0) is 0 Å². The minimum Gasteiger partial charge on any atom is -0.258 e. The Labute approximate surface area is 78.8 Å². The fourth-order valence-electron chi connectivity index (χ4n) is 0.901. The van der Waals surface area contributed by atoms with Gasteiger partial charge in [0, 0.05) is 12.2 Å². The Bertz CT molecular complexity index is 354. The lowest BCUT2D eigenvalue weighted by Crippen LogP contribution is -2.06. The van der Waals surface area contributed by atoms with E-state index in [2.05, 4.69) is 0 Å². The maximum Gasteiger partial charge on any atom is 0.346 e. The van der Waals surface area contributed by atoms with Crippen LogP contribution in [-0.4, -0.2) is 9.85 Å². The molecule has 0 spiro atoms. The molecule has 0 heterocycles. The van der Waals surface area contributed by atoms with E-state index in [1.54, 1.807) is 12.2 Å². The van der Waals surface area contributed by atoms with Gasteiger partial charge in [0.05, 0.1) is 9.85 Å². The van der Waals surface area contributed by atoms with Crippen LogP contribution in [0.15, 0.2) is 47.9 Å². The highest BCUT2D eigenvalue weighted by Crippen LogP contribution is 2.11. The van der Waals surface area contributed by atoms with Gasteiger partial charge in [-0.1, -0.05) is 24.3 Å². The molecule has 0 saturated carbocycles. The first-order valence-electron chi connectivity index (χ1n) is 3.67. The van der Waals surface area contributed by atoms with Crippen molar-refractivity contribution in [2.24, 2.45) is 0 Å². The molecule has 72 valence electrons. The third-order valence-corrected chi connectivity index (χ3v) is 1.50. The molecule has 0 saturated heterocycles. The lowest BCUT2D eigenvalue weighted by molar-refractivity contribution is -0.463. The Balaban J connectivity index is 3.27. The van der Waals surface area contributed by atoms with Gasteiger partial charge in [0.1, 0.15) is 0 Å². The Morgan fingerprint density at radius 2 is 1.14 bits per heavy atom. The zero-order valence-corrected chi connectivity index (χ0v) is 6.99. The van der Waals surface area contributed by atoms with Crippen molar-refractivity contribution < 1.29 is 9.85 Å². The first-order valence-corrected chi connectivity index (χ1v) is 3.67. The van der Waals surface area contributed by atoms with E-state index in [1.165, 1.54) is 12.2 Å². The number of rotatable bonds is 2. The lowest BCUT2D eigenvalue weighted by Gasteiger charge is -1.94. The Morgan fingerprint density at radius 1 is 0.786 bits per heavy atom. The van der Waals surface area contributed by atoms with Gasteiger partial charge >= 0.3 is 11.4 Å². The van der Waals surface area contributed by atoms with Crippen molar-refractivity contribution in [2.75, 3.05) is 0 Å². The van der Waals surface area contributed by atoms with E-state index in [0.717, 1.165) is 12.2 Å². The van der Waals surface area contributed by atoms with E-state index < -0.39 is 21.2 Å². The molecule has 0 amide bonds. The molecule has 0 atom stereocenters. The molecule has 6 heteroatoms. The summed E-state index contributed by atoms with van der Waals surface area (Å²) >= 11 is 0. The summed E-state index contributed by atoms with van der Waals surface area (Å²) in [5, 5.41) is 20.9. The standard InChI is InChI=1S/C8H6N2O4/c11-9(12)7-5-3-1-2-4-6-8(7)10(13)14/h1-6H/b2-1-,3-1?,4-2?,5-3-,6-4-,7-5?,8-6?,8-7-. The van der Waals surface area contributed by atoms with E-state index in [-0.39, 0.29) is 0 Å². The highest BCUT2D eigenvalue weighted by molar-refractivity contribution is 5.30. The van der Waals surface area contributed by atoms with Crippen molar-refractivity contribution in [1.82, 2.24) is 0 Å². The molecule has 0 aromatic heterocycles. The van der Waals surface area contributed by atoms with E-state index in [4.69, 9.17) is 0 Å². The van der Waals surface area contributed by atoms with Gasteiger partial charge in [0.15, 0.2) is 0 Å². The summed E-state index contributed by atoms with van der Waals surface area (Å²) in [5.74, 6) is 0. The number of nitrogens with zero attached hydrogens (tertiary/aromatic N) is 2. The molecule has 0 aromatic rings. The van der Waals surface area contributed by atoms with Crippen LogP contribution in [0.5, 0.6) is 0 Å². The first-order chi connectivity index (χ1) is 6.63. The van der Waals surface area contributed by atoms with E-state index in [9.17, 15) is 20.2 Å². The molecule has 6 nitrogen and oxygen atoms in total. The Kier molecular flexibility index (Phi) is 2.90. The van der Waals surface area contributed by atoms with E-state index >= 15 is 0 Å². The molecule has 1 aliphatic rings. The van der Waals surface area contributed by atoms with Crippen molar-refractivity contribution in [3.05, 3.63) is 68.1 Å². The first kappa shape index (κ1) is 9.85. The van der Waals surface area contributed by atoms with Gasteiger partial charge in [-0.25, -0.2) is 0 Å². The predicted octanol–water partition coefficient (Wildman–Crippen LogP) is 1.43. The number of hydrogen-bond acceptors (Lipinski definition) is 4. The molecule has 0 aliphatic heterocycles. The summed E-state index contributed by atoms with van der Waals surface area (Å²) in [6.45, 7) is 0. The zero-order valence-electron chi connectivity index (χ0n) is 6.99. The minimum atomic E-state index is -0.780.